The van der Waals surface area contributed by atoms with Crippen molar-refractivity contribution >= 4 is 7.60 Å². The second-order valence-electron chi connectivity index (χ2n) is 2.89. The Morgan fingerprint density at radius 2 is 2.50 bits per heavy atom. The molecule has 0 bridgehead atoms. The van der Waals surface area contributed by atoms with Crippen LogP contribution in [0.4, 0.5) is 0 Å². The van der Waals surface area contributed by atoms with E-state index in [0.29, 0.717) is 19.4 Å². The Hall–Kier alpha value is 0.110. The lowest BCUT2D eigenvalue weighted by Crippen LogP contribution is -2.21. The van der Waals surface area contributed by atoms with Crippen LogP contribution >= 0.6 is 7.60 Å². The fraction of sp³-hybridized carbons (Fsp3) is 1.00. The molecule has 1 N–H and O–H groups in total. The molecule has 1 aliphatic heterocycles. The second-order valence-corrected chi connectivity index (χ2v) is 5.07. The third kappa shape index (κ3) is 2.56. The summed E-state index contributed by atoms with van der Waals surface area (Å²) >= 11 is 0. The van der Waals surface area contributed by atoms with Gasteiger partial charge in [0.1, 0.15) is 0 Å². The van der Waals surface area contributed by atoms with E-state index in [1.807, 2.05) is 0 Å². The minimum absolute atomic E-state index is 0.103. The summed E-state index contributed by atoms with van der Waals surface area (Å²) < 4.78 is 21.7. The summed E-state index contributed by atoms with van der Waals surface area (Å²) in [6.07, 6.45) is 1.17. The van der Waals surface area contributed by atoms with Crippen molar-refractivity contribution in [1.29, 1.82) is 0 Å². The van der Waals surface area contributed by atoms with Crippen LogP contribution in [0.25, 0.3) is 0 Å². The first-order valence-electron chi connectivity index (χ1n) is 4.19. The molecule has 1 rings (SSSR count). The predicted octanol–water partition coefficient (Wildman–Crippen LogP) is 1.24. The summed E-state index contributed by atoms with van der Waals surface area (Å²) in [5.74, 6) is 0.132. The Morgan fingerprint density at radius 3 is 2.92 bits per heavy atom. The lowest BCUT2D eigenvalue weighted by Gasteiger charge is -2.26. The molecule has 0 aromatic heterocycles. The van der Waals surface area contributed by atoms with Crippen LogP contribution in [0.1, 0.15) is 13.3 Å². The zero-order valence-corrected chi connectivity index (χ0v) is 8.13. The Morgan fingerprint density at radius 1 is 1.75 bits per heavy atom. The molecule has 1 fully saturated rings. The zero-order valence-electron chi connectivity index (χ0n) is 7.23. The molecule has 0 radical (unpaired) electrons. The van der Waals surface area contributed by atoms with Crippen LogP contribution in [0.5, 0.6) is 0 Å². The van der Waals surface area contributed by atoms with Gasteiger partial charge in [-0.05, 0) is 13.3 Å². The van der Waals surface area contributed by atoms with E-state index in [1.165, 1.54) is 0 Å². The smallest absolute Gasteiger partial charge is 0.330 e. The van der Waals surface area contributed by atoms with Crippen LogP contribution in [0.15, 0.2) is 0 Å². The fourth-order valence-corrected chi connectivity index (χ4v) is 3.00. The minimum atomic E-state index is -2.78. The number of rotatable bonds is 3. The van der Waals surface area contributed by atoms with E-state index in [2.05, 4.69) is 0 Å². The van der Waals surface area contributed by atoms with Gasteiger partial charge in [-0.3, -0.25) is 4.57 Å². The highest BCUT2D eigenvalue weighted by Gasteiger charge is 2.31. The maximum absolute atomic E-state index is 11.6. The first-order valence-corrected chi connectivity index (χ1v) is 5.92. The second kappa shape index (κ2) is 4.38. The summed E-state index contributed by atoms with van der Waals surface area (Å²) in [5.41, 5.74) is 0. The molecular weight excluding hydrogens is 179 g/mol. The molecule has 5 heteroatoms. The van der Waals surface area contributed by atoms with Crippen molar-refractivity contribution < 1.29 is 18.7 Å². The number of hydrogen-bond donors (Lipinski definition) is 1. The summed E-state index contributed by atoms with van der Waals surface area (Å²) in [4.78, 5) is 0. The normalized spacial score (nSPS) is 36.7. The maximum Gasteiger partial charge on any atom is 0.330 e. The molecule has 1 aliphatic rings. The van der Waals surface area contributed by atoms with Gasteiger partial charge in [-0.2, -0.15) is 0 Å². The van der Waals surface area contributed by atoms with Crippen molar-refractivity contribution in [3.05, 3.63) is 0 Å². The highest BCUT2D eigenvalue weighted by Crippen LogP contribution is 2.52. The number of aliphatic hydroxyl groups excluding tert-OH is 1. The molecule has 0 saturated carbocycles. The molecule has 12 heavy (non-hydrogen) atoms. The third-order valence-corrected chi connectivity index (χ3v) is 3.90. The largest absolute Gasteiger partial charge is 0.396 e. The standard InChI is InChI=1S/C7H15O4P/c1-2-10-12(9)4-3-7(5-8)6-11-12/h7-8H,2-6H2,1H3. The number of hydrogen-bond acceptors (Lipinski definition) is 4. The molecule has 0 aliphatic carbocycles. The van der Waals surface area contributed by atoms with E-state index >= 15 is 0 Å². The SMILES string of the molecule is CCOP1(=O)CCC(CO)CO1. The van der Waals surface area contributed by atoms with Crippen molar-refractivity contribution in [1.82, 2.24) is 0 Å². The average molecular weight is 194 g/mol. The van der Waals surface area contributed by atoms with Gasteiger partial charge >= 0.3 is 7.60 Å². The van der Waals surface area contributed by atoms with Gasteiger partial charge in [0.05, 0.1) is 19.4 Å². The molecule has 2 atom stereocenters. The molecular formula is C7H15O4P. The first-order chi connectivity index (χ1) is 5.70. The molecule has 4 nitrogen and oxygen atoms in total. The van der Waals surface area contributed by atoms with Crippen molar-refractivity contribution in [2.45, 2.75) is 13.3 Å². The van der Waals surface area contributed by atoms with Crippen LogP contribution in [-0.2, 0) is 13.6 Å². The molecule has 0 spiro atoms. The summed E-state index contributed by atoms with van der Waals surface area (Å²) in [7, 11) is -2.78. The van der Waals surface area contributed by atoms with Gasteiger partial charge in [0.2, 0.25) is 0 Å². The zero-order chi connectivity index (χ0) is 9.03. The Labute approximate surface area is 72.4 Å². The summed E-state index contributed by atoms with van der Waals surface area (Å²) in [6.45, 7) is 2.67. The van der Waals surface area contributed by atoms with Gasteiger partial charge in [0.15, 0.2) is 0 Å². The van der Waals surface area contributed by atoms with Crippen LogP contribution in [0.3, 0.4) is 0 Å². The molecule has 1 heterocycles. The monoisotopic (exact) mass is 194 g/mol. The topological polar surface area (TPSA) is 55.8 Å². The summed E-state index contributed by atoms with van der Waals surface area (Å²) in [6, 6.07) is 0. The van der Waals surface area contributed by atoms with E-state index in [0.717, 1.165) is 6.42 Å². The lowest BCUT2D eigenvalue weighted by atomic mass is 10.1. The third-order valence-electron chi connectivity index (χ3n) is 1.90. The predicted molar refractivity (Wildman–Crippen MR) is 45.2 cm³/mol. The maximum atomic E-state index is 11.6. The highest BCUT2D eigenvalue weighted by molar-refractivity contribution is 7.53. The quantitative estimate of drug-likeness (QED) is 0.687. The van der Waals surface area contributed by atoms with E-state index in [9.17, 15) is 4.57 Å². The van der Waals surface area contributed by atoms with Gasteiger partial charge in [-0.25, -0.2) is 0 Å². The van der Waals surface area contributed by atoms with Crippen molar-refractivity contribution in [3.8, 4) is 0 Å². The van der Waals surface area contributed by atoms with Gasteiger partial charge in [-0.15, -0.1) is 0 Å². The van der Waals surface area contributed by atoms with E-state index in [4.69, 9.17) is 14.2 Å². The Balaban J connectivity index is 2.39. The molecule has 2 unspecified atom stereocenters. The minimum Gasteiger partial charge on any atom is -0.396 e. The molecule has 72 valence electrons. The number of aliphatic hydroxyl groups is 1. The Kier molecular flexibility index (Phi) is 3.72. The molecule has 1 saturated heterocycles. The van der Waals surface area contributed by atoms with Gasteiger partial charge in [-0.1, -0.05) is 0 Å². The molecule has 0 amide bonds. The van der Waals surface area contributed by atoms with Gasteiger partial charge < -0.3 is 14.2 Å². The molecule has 0 aromatic carbocycles. The van der Waals surface area contributed by atoms with Gasteiger partial charge in [0.25, 0.3) is 0 Å². The van der Waals surface area contributed by atoms with Gasteiger partial charge in [0, 0.05) is 12.5 Å². The van der Waals surface area contributed by atoms with Crippen LogP contribution in [0, 0.1) is 5.92 Å². The van der Waals surface area contributed by atoms with Crippen molar-refractivity contribution in [3.63, 3.8) is 0 Å². The highest BCUT2D eigenvalue weighted by atomic mass is 31.2. The lowest BCUT2D eigenvalue weighted by molar-refractivity contribution is 0.118. The first kappa shape index (κ1) is 10.2. The van der Waals surface area contributed by atoms with Crippen molar-refractivity contribution in [2.75, 3.05) is 26.0 Å². The van der Waals surface area contributed by atoms with E-state index in [-0.39, 0.29) is 12.5 Å². The fourth-order valence-electron chi connectivity index (χ4n) is 1.15. The van der Waals surface area contributed by atoms with Crippen LogP contribution < -0.4 is 0 Å². The van der Waals surface area contributed by atoms with E-state index < -0.39 is 7.60 Å². The van der Waals surface area contributed by atoms with E-state index in [1.54, 1.807) is 6.92 Å². The summed E-state index contributed by atoms with van der Waals surface area (Å²) in [5, 5.41) is 8.78. The van der Waals surface area contributed by atoms with Crippen LogP contribution in [-0.4, -0.2) is 31.1 Å². The van der Waals surface area contributed by atoms with Crippen LogP contribution in [0.2, 0.25) is 0 Å². The molecule has 0 aromatic rings. The average Bonchev–Trinajstić information content (AvgIpc) is 2.06. The Bertz CT molecular complexity index is 170. The van der Waals surface area contributed by atoms with Crippen molar-refractivity contribution in [2.24, 2.45) is 5.92 Å².